The van der Waals surface area contributed by atoms with Gasteiger partial charge in [-0.2, -0.15) is 0 Å². The number of nitrogens with zero attached hydrogens (tertiary/aromatic N) is 3. The summed E-state index contributed by atoms with van der Waals surface area (Å²) in [4.78, 5) is 22.4. The normalized spacial score (nSPS) is 12.0. The van der Waals surface area contributed by atoms with Crippen LogP contribution in [0.4, 0.5) is 5.82 Å². The molecule has 7 heteroatoms. The molecular formula is C13H20N4OS2. The van der Waals surface area contributed by atoms with Gasteiger partial charge in [-0.25, -0.2) is 9.97 Å². The van der Waals surface area contributed by atoms with Gasteiger partial charge in [0.15, 0.2) is 0 Å². The maximum absolute atomic E-state index is 11.3. The summed E-state index contributed by atoms with van der Waals surface area (Å²) in [7, 11) is 3.35. The number of hydrogen-bond acceptors (Lipinski definition) is 6. The topological polar surface area (TPSA) is 72.1 Å². The van der Waals surface area contributed by atoms with Crippen LogP contribution in [-0.4, -0.2) is 27.5 Å². The molecule has 0 spiro atoms. The van der Waals surface area contributed by atoms with Crippen LogP contribution in [0.15, 0.2) is 16.8 Å². The van der Waals surface area contributed by atoms with E-state index in [-0.39, 0.29) is 0 Å². The van der Waals surface area contributed by atoms with Gasteiger partial charge >= 0.3 is 0 Å². The molecular weight excluding hydrogens is 292 g/mol. The molecule has 20 heavy (non-hydrogen) atoms. The Bertz CT molecular complexity index is 505. The minimum atomic E-state index is 0.389. The number of carbonyl (C=O) groups excluding carboxylic acids is 1. The molecule has 0 radical (unpaired) electrons. The zero-order valence-corrected chi connectivity index (χ0v) is 13.8. The van der Waals surface area contributed by atoms with Gasteiger partial charge in [0.25, 0.3) is 0 Å². The van der Waals surface area contributed by atoms with E-state index in [1.165, 1.54) is 4.91 Å². The first-order valence-electron chi connectivity index (χ1n) is 6.23. The second-order valence-electron chi connectivity index (χ2n) is 4.17. The molecule has 0 aliphatic carbocycles. The Balaban J connectivity index is 2.99. The van der Waals surface area contributed by atoms with Crippen molar-refractivity contribution in [1.29, 1.82) is 0 Å². The van der Waals surface area contributed by atoms with Crippen molar-refractivity contribution >= 4 is 33.8 Å². The van der Waals surface area contributed by atoms with Crippen LogP contribution in [0, 0.1) is 6.92 Å². The summed E-state index contributed by atoms with van der Waals surface area (Å²) in [5.74, 6) is 1.05. The number of carbonyl (C=O) groups is 1. The molecule has 1 heterocycles. The Kier molecular flexibility index (Phi) is 6.87. The van der Waals surface area contributed by atoms with Crippen LogP contribution in [0.2, 0.25) is 0 Å². The number of nitrogen functional groups attached to an aromatic ring is 1. The first-order chi connectivity index (χ1) is 9.53. The Morgan fingerprint density at radius 3 is 2.75 bits per heavy atom. The molecule has 1 aromatic heterocycles. The van der Waals surface area contributed by atoms with Crippen LogP contribution >= 0.6 is 21.6 Å². The van der Waals surface area contributed by atoms with Gasteiger partial charge in [-0.15, -0.1) is 0 Å². The average Bonchev–Trinajstić information content (AvgIpc) is 2.43. The van der Waals surface area contributed by atoms with E-state index in [1.54, 1.807) is 39.6 Å². The minimum absolute atomic E-state index is 0.389. The highest BCUT2D eigenvalue weighted by Gasteiger charge is 2.13. The smallest absolute Gasteiger partial charge is 0.214 e. The second-order valence-corrected chi connectivity index (χ2v) is 6.67. The molecule has 0 unspecified atom stereocenters. The maximum atomic E-state index is 11.3. The Hall–Kier alpha value is -1.21. The molecule has 0 fully saturated rings. The standard InChI is InChI=1S/C13H20N4OS2/c1-5-12(20-19-4)9(2)17(8-18)7-11-6-15-10(3)16-13(11)14/h6,8H,5,7H2,1-4H3,(H2,14,15,16)/b12-9-. The van der Waals surface area contributed by atoms with E-state index in [0.717, 1.165) is 24.1 Å². The fourth-order valence-electron chi connectivity index (χ4n) is 1.69. The molecule has 1 amide bonds. The van der Waals surface area contributed by atoms with Crippen molar-refractivity contribution in [3.05, 3.63) is 28.2 Å². The van der Waals surface area contributed by atoms with Crippen LogP contribution in [-0.2, 0) is 11.3 Å². The van der Waals surface area contributed by atoms with Gasteiger partial charge in [0.1, 0.15) is 11.6 Å². The maximum Gasteiger partial charge on any atom is 0.214 e. The fraction of sp³-hybridized carbons (Fsp3) is 0.462. The van der Waals surface area contributed by atoms with Crippen LogP contribution in [0.1, 0.15) is 31.7 Å². The summed E-state index contributed by atoms with van der Waals surface area (Å²) in [6.07, 6.45) is 5.41. The quantitative estimate of drug-likeness (QED) is 0.616. The van der Waals surface area contributed by atoms with Gasteiger partial charge in [-0.1, -0.05) is 28.5 Å². The van der Waals surface area contributed by atoms with Crippen molar-refractivity contribution in [3.63, 3.8) is 0 Å². The second kappa shape index (κ2) is 8.16. The molecule has 0 aromatic carbocycles. The van der Waals surface area contributed by atoms with Crippen molar-refractivity contribution in [1.82, 2.24) is 14.9 Å². The fourth-order valence-corrected chi connectivity index (χ4v) is 3.56. The highest BCUT2D eigenvalue weighted by atomic mass is 33.1. The van der Waals surface area contributed by atoms with Crippen molar-refractivity contribution in [2.75, 3.05) is 12.0 Å². The van der Waals surface area contributed by atoms with Crippen LogP contribution in [0.25, 0.3) is 0 Å². The molecule has 1 rings (SSSR count). The molecule has 0 saturated carbocycles. The number of aromatic nitrogens is 2. The first-order valence-corrected chi connectivity index (χ1v) is 8.79. The molecule has 0 atom stereocenters. The Morgan fingerprint density at radius 1 is 1.55 bits per heavy atom. The number of nitrogens with two attached hydrogens (primary N) is 1. The molecule has 1 aromatic rings. The van der Waals surface area contributed by atoms with Crippen LogP contribution in [0.5, 0.6) is 0 Å². The third kappa shape index (κ3) is 4.42. The molecule has 5 nitrogen and oxygen atoms in total. The van der Waals surface area contributed by atoms with E-state index in [4.69, 9.17) is 5.73 Å². The summed E-state index contributed by atoms with van der Waals surface area (Å²) in [6, 6.07) is 0. The van der Waals surface area contributed by atoms with E-state index >= 15 is 0 Å². The lowest BCUT2D eigenvalue weighted by Crippen LogP contribution is -2.21. The van der Waals surface area contributed by atoms with E-state index in [0.29, 0.717) is 18.2 Å². The van der Waals surface area contributed by atoms with Gasteiger partial charge in [0.05, 0.1) is 6.54 Å². The first kappa shape index (κ1) is 16.8. The molecule has 0 aliphatic rings. The molecule has 110 valence electrons. The van der Waals surface area contributed by atoms with Gasteiger partial charge in [-0.3, -0.25) is 4.79 Å². The van der Waals surface area contributed by atoms with E-state index < -0.39 is 0 Å². The molecule has 0 saturated heterocycles. The van der Waals surface area contributed by atoms with Gasteiger partial charge < -0.3 is 10.6 Å². The number of anilines is 1. The van der Waals surface area contributed by atoms with E-state index in [9.17, 15) is 4.79 Å². The number of aryl methyl sites for hydroxylation is 1. The van der Waals surface area contributed by atoms with Gasteiger partial charge in [0, 0.05) is 22.4 Å². The summed E-state index contributed by atoms with van der Waals surface area (Å²) in [5, 5.41) is 0. The number of rotatable bonds is 7. The lowest BCUT2D eigenvalue weighted by molar-refractivity contribution is -0.116. The zero-order valence-electron chi connectivity index (χ0n) is 12.2. The summed E-state index contributed by atoms with van der Waals surface area (Å²) >= 11 is 0. The van der Waals surface area contributed by atoms with Crippen molar-refractivity contribution in [2.45, 2.75) is 33.7 Å². The monoisotopic (exact) mass is 312 g/mol. The summed E-state index contributed by atoms with van der Waals surface area (Å²) in [6.45, 7) is 6.20. The zero-order chi connectivity index (χ0) is 15.1. The van der Waals surface area contributed by atoms with E-state index in [1.807, 2.05) is 13.2 Å². The van der Waals surface area contributed by atoms with Crippen molar-refractivity contribution < 1.29 is 4.79 Å². The van der Waals surface area contributed by atoms with Crippen LogP contribution in [0.3, 0.4) is 0 Å². The summed E-state index contributed by atoms with van der Waals surface area (Å²) < 4.78 is 0. The van der Waals surface area contributed by atoms with E-state index in [2.05, 4.69) is 16.9 Å². The van der Waals surface area contributed by atoms with Gasteiger partial charge in [0.2, 0.25) is 6.41 Å². The third-order valence-electron chi connectivity index (χ3n) is 2.83. The molecule has 0 bridgehead atoms. The predicted molar refractivity (Wildman–Crippen MR) is 86.9 cm³/mol. The largest absolute Gasteiger partial charge is 0.383 e. The lowest BCUT2D eigenvalue weighted by Gasteiger charge is -2.21. The number of hydrogen-bond donors (Lipinski definition) is 1. The van der Waals surface area contributed by atoms with Gasteiger partial charge in [-0.05, 0) is 26.5 Å². The van der Waals surface area contributed by atoms with Crippen molar-refractivity contribution in [2.24, 2.45) is 0 Å². The average molecular weight is 312 g/mol. The SMILES string of the molecule is CC/C(SSC)=C(\C)N(C=O)Cc1cnc(C)nc1N. The highest BCUT2D eigenvalue weighted by Crippen LogP contribution is 2.33. The Morgan fingerprint density at radius 2 is 2.25 bits per heavy atom. The third-order valence-corrected chi connectivity index (χ3v) is 4.88. The summed E-state index contributed by atoms with van der Waals surface area (Å²) in [5.41, 5.74) is 7.58. The van der Waals surface area contributed by atoms with Crippen LogP contribution < -0.4 is 5.73 Å². The molecule has 0 aliphatic heterocycles. The Labute approximate surface area is 127 Å². The number of amides is 1. The predicted octanol–water partition coefficient (Wildman–Crippen LogP) is 2.98. The number of allylic oxidation sites excluding steroid dienone is 2. The molecule has 2 N–H and O–H groups in total. The highest BCUT2D eigenvalue weighted by molar-refractivity contribution is 8.77. The minimum Gasteiger partial charge on any atom is -0.383 e. The van der Waals surface area contributed by atoms with Crippen molar-refractivity contribution in [3.8, 4) is 0 Å². The lowest BCUT2D eigenvalue weighted by atomic mass is 10.2.